The highest BCUT2D eigenvalue weighted by molar-refractivity contribution is 5.89. The first-order chi connectivity index (χ1) is 17.6. The lowest BCUT2D eigenvalue weighted by Gasteiger charge is -2.23. The number of ether oxygens (including phenoxy) is 3. The first-order valence-corrected chi connectivity index (χ1v) is 11.6. The number of urea groups is 1. The summed E-state index contributed by atoms with van der Waals surface area (Å²) in [6.07, 6.45) is -5.03. The quantitative estimate of drug-likeness (QED) is 0.255. The van der Waals surface area contributed by atoms with Crippen LogP contribution in [0.3, 0.4) is 0 Å². The number of anilines is 1. The highest BCUT2D eigenvalue weighted by atomic mass is 19.4. The summed E-state index contributed by atoms with van der Waals surface area (Å²) in [6, 6.07) is 11.4. The maximum atomic E-state index is 13.1. The number of nitrogens with one attached hydrogen (secondary N) is 1. The van der Waals surface area contributed by atoms with E-state index >= 15 is 0 Å². The van der Waals surface area contributed by atoms with Crippen LogP contribution in [0.2, 0.25) is 0 Å². The number of amides is 2. The second-order valence-corrected chi connectivity index (χ2v) is 7.92. The summed E-state index contributed by atoms with van der Waals surface area (Å²) in [7, 11) is 0. The van der Waals surface area contributed by atoms with Gasteiger partial charge in [-0.1, -0.05) is 12.1 Å². The molecule has 0 aromatic heterocycles. The van der Waals surface area contributed by atoms with Crippen LogP contribution in [0.15, 0.2) is 48.5 Å². The molecule has 0 saturated carbocycles. The second-order valence-electron chi connectivity index (χ2n) is 7.92. The highest BCUT2D eigenvalue weighted by Crippen LogP contribution is 2.16. The van der Waals surface area contributed by atoms with Gasteiger partial charge >= 0.3 is 18.2 Å². The van der Waals surface area contributed by atoms with Crippen molar-refractivity contribution in [1.29, 1.82) is 0 Å². The topological polar surface area (TPSA) is 97.3 Å². The van der Waals surface area contributed by atoms with Crippen LogP contribution in [-0.2, 0) is 20.7 Å². The normalized spacial score (nSPS) is 12.1. The molecule has 37 heavy (non-hydrogen) atoms. The molecule has 2 N–H and O–H groups in total. The smallest absolute Gasteiger partial charge is 0.411 e. The van der Waals surface area contributed by atoms with E-state index in [0.29, 0.717) is 11.4 Å². The highest BCUT2D eigenvalue weighted by Gasteiger charge is 2.27. The van der Waals surface area contributed by atoms with Gasteiger partial charge in [0.15, 0.2) is 6.10 Å². The summed E-state index contributed by atoms with van der Waals surface area (Å²) < 4.78 is 65.4. The van der Waals surface area contributed by atoms with E-state index in [4.69, 9.17) is 9.47 Å². The molecule has 1 atom stereocenters. The lowest BCUT2D eigenvalue weighted by molar-refractivity contribution is -0.174. The number of benzene rings is 2. The van der Waals surface area contributed by atoms with Crippen molar-refractivity contribution >= 4 is 17.7 Å². The number of carboxylic acids is 1. The standard InChI is InChI=1S/C25H30F4N2O6/c1-2-36-22(23(32)33)16-18-4-10-21(11-5-18)37-15-13-31(12-3-14-35-17-25(27,28)29)24(34)30-20-8-6-19(26)7-9-20/h4-11,22H,2-3,12-17H2,1H3,(H,30,34)(H,32,33). The van der Waals surface area contributed by atoms with Crippen LogP contribution < -0.4 is 10.1 Å². The molecule has 0 aliphatic carbocycles. The van der Waals surface area contributed by atoms with E-state index in [-0.39, 0.29) is 45.8 Å². The molecule has 2 rings (SSSR count). The zero-order valence-electron chi connectivity index (χ0n) is 20.3. The van der Waals surface area contributed by atoms with Crippen molar-refractivity contribution in [2.75, 3.05) is 44.8 Å². The maximum absolute atomic E-state index is 13.1. The van der Waals surface area contributed by atoms with Crippen LogP contribution in [0.4, 0.5) is 28.0 Å². The van der Waals surface area contributed by atoms with Crippen molar-refractivity contribution in [3.8, 4) is 5.75 Å². The fourth-order valence-corrected chi connectivity index (χ4v) is 3.22. The van der Waals surface area contributed by atoms with Gasteiger partial charge in [0.25, 0.3) is 0 Å². The van der Waals surface area contributed by atoms with Crippen molar-refractivity contribution in [2.45, 2.75) is 32.0 Å². The van der Waals surface area contributed by atoms with Crippen molar-refractivity contribution in [3.05, 3.63) is 59.9 Å². The lowest BCUT2D eigenvalue weighted by atomic mass is 10.1. The van der Waals surface area contributed by atoms with Crippen LogP contribution in [0.5, 0.6) is 5.75 Å². The van der Waals surface area contributed by atoms with Gasteiger partial charge in [0, 0.05) is 31.9 Å². The van der Waals surface area contributed by atoms with E-state index in [1.807, 2.05) is 0 Å². The van der Waals surface area contributed by atoms with E-state index in [1.165, 1.54) is 29.2 Å². The molecule has 12 heteroatoms. The van der Waals surface area contributed by atoms with Gasteiger partial charge < -0.3 is 29.5 Å². The number of rotatable bonds is 15. The Bertz CT molecular complexity index is 971. The number of aliphatic carboxylic acids is 1. The number of halogens is 4. The molecule has 0 bridgehead atoms. The Morgan fingerprint density at radius 1 is 1.03 bits per heavy atom. The first-order valence-electron chi connectivity index (χ1n) is 11.6. The van der Waals surface area contributed by atoms with Crippen LogP contribution in [0.1, 0.15) is 18.9 Å². The van der Waals surface area contributed by atoms with Gasteiger partial charge in [0.1, 0.15) is 24.8 Å². The molecule has 0 saturated heterocycles. The minimum absolute atomic E-state index is 0.0797. The van der Waals surface area contributed by atoms with Crippen LogP contribution in [0.25, 0.3) is 0 Å². The van der Waals surface area contributed by atoms with Gasteiger partial charge in [-0.3, -0.25) is 0 Å². The predicted octanol–water partition coefficient (Wildman–Crippen LogP) is 4.74. The van der Waals surface area contributed by atoms with Crippen LogP contribution in [0, 0.1) is 5.82 Å². The zero-order chi connectivity index (χ0) is 27.3. The number of carbonyl (C=O) groups is 2. The molecular weight excluding hydrogens is 500 g/mol. The van der Waals surface area contributed by atoms with Gasteiger partial charge in [0.05, 0.1) is 6.54 Å². The summed E-state index contributed by atoms with van der Waals surface area (Å²) in [5.74, 6) is -1.03. The largest absolute Gasteiger partial charge is 0.492 e. The van der Waals surface area contributed by atoms with E-state index in [0.717, 1.165) is 5.56 Å². The third kappa shape index (κ3) is 11.9. The SMILES string of the molecule is CCOC(Cc1ccc(OCCN(CCCOCC(F)(F)F)C(=O)Nc2ccc(F)cc2)cc1)C(=O)O. The summed E-state index contributed by atoms with van der Waals surface area (Å²) in [6.45, 7) is 0.716. The number of carboxylic acid groups (broad SMARTS) is 1. The molecule has 0 radical (unpaired) electrons. The van der Waals surface area contributed by atoms with E-state index in [2.05, 4.69) is 10.1 Å². The fourth-order valence-electron chi connectivity index (χ4n) is 3.22. The summed E-state index contributed by atoms with van der Waals surface area (Å²) in [5, 5.41) is 11.8. The molecular formula is C25H30F4N2O6. The average molecular weight is 531 g/mol. The van der Waals surface area contributed by atoms with Gasteiger partial charge in [-0.2, -0.15) is 13.2 Å². The molecule has 2 aromatic carbocycles. The van der Waals surface area contributed by atoms with Crippen LogP contribution in [-0.4, -0.2) is 73.8 Å². The Hall–Kier alpha value is -3.38. The minimum Gasteiger partial charge on any atom is -0.492 e. The molecule has 2 amide bonds. The van der Waals surface area contributed by atoms with E-state index in [9.17, 15) is 32.3 Å². The molecule has 0 aliphatic rings. The van der Waals surface area contributed by atoms with Crippen molar-refractivity contribution in [3.63, 3.8) is 0 Å². The molecule has 0 fully saturated rings. The molecule has 204 valence electrons. The van der Waals surface area contributed by atoms with Crippen molar-refractivity contribution in [2.24, 2.45) is 0 Å². The summed E-state index contributed by atoms with van der Waals surface area (Å²) in [4.78, 5) is 25.3. The Morgan fingerprint density at radius 3 is 2.30 bits per heavy atom. The van der Waals surface area contributed by atoms with Crippen molar-refractivity contribution < 1.29 is 46.5 Å². The number of alkyl halides is 3. The first kappa shape index (κ1) is 29.8. The summed E-state index contributed by atoms with van der Waals surface area (Å²) in [5.41, 5.74) is 1.10. The van der Waals surface area contributed by atoms with E-state index < -0.39 is 36.7 Å². The molecule has 8 nitrogen and oxygen atoms in total. The number of hydrogen-bond donors (Lipinski definition) is 2. The minimum atomic E-state index is -4.43. The van der Waals surface area contributed by atoms with E-state index in [1.54, 1.807) is 31.2 Å². The third-order valence-corrected chi connectivity index (χ3v) is 4.98. The Morgan fingerprint density at radius 2 is 1.70 bits per heavy atom. The zero-order valence-corrected chi connectivity index (χ0v) is 20.3. The Balaban J connectivity index is 1.90. The van der Waals surface area contributed by atoms with Gasteiger partial charge in [0.2, 0.25) is 0 Å². The molecule has 2 aromatic rings. The third-order valence-electron chi connectivity index (χ3n) is 4.98. The molecule has 0 heterocycles. The van der Waals surface area contributed by atoms with Gasteiger partial charge in [-0.05, 0) is 55.3 Å². The molecule has 0 spiro atoms. The monoisotopic (exact) mass is 530 g/mol. The van der Waals surface area contributed by atoms with Crippen LogP contribution >= 0.6 is 0 Å². The van der Waals surface area contributed by atoms with Crippen molar-refractivity contribution in [1.82, 2.24) is 4.90 Å². The fraction of sp³-hybridized carbons (Fsp3) is 0.440. The van der Waals surface area contributed by atoms with Gasteiger partial charge in [-0.25, -0.2) is 14.0 Å². The predicted molar refractivity (Wildman–Crippen MR) is 127 cm³/mol. The molecule has 0 aliphatic heterocycles. The second kappa shape index (κ2) is 15.0. The van der Waals surface area contributed by atoms with Gasteiger partial charge in [-0.15, -0.1) is 0 Å². The Kier molecular flexibility index (Phi) is 12.1. The number of hydrogen-bond acceptors (Lipinski definition) is 5. The maximum Gasteiger partial charge on any atom is 0.411 e. The lowest BCUT2D eigenvalue weighted by Crippen LogP contribution is -2.39. The summed E-state index contributed by atoms with van der Waals surface area (Å²) >= 11 is 0. The number of nitrogens with zero attached hydrogens (tertiary/aromatic N) is 1. The number of carbonyl (C=O) groups excluding carboxylic acids is 1. The average Bonchev–Trinajstić information content (AvgIpc) is 2.84. The Labute approximate surface area is 212 Å². The molecule has 1 unspecified atom stereocenters.